The molecular formula is C11H12F2OS. The lowest BCUT2D eigenvalue weighted by Gasteiger charge is -2.08. The predicted octanol–water partition coefficient (Wildman–Crippen LogP) is 3.48. The van der Waals surface area contributed by atoms with Gasteiger partial charge in [-0.15, -0.1) is 11.8 Å². The van der Waals surface area contributed by atoms with E-state index in [1.807, 2.05) is 6.26 Å². The summed E-state index contributed by atoms with van der Waals surface area (Å²) in [6.07, 6.45) is -0.571. The smallest absolute Gasteiger partial charge is 0.264 e. The van der Waals surface area contributed by atoms with Crippen LogP contribution in [0.5, 0.6) is 0 Å². The second-order valence-electron chi connectivity index (χ2n) is 3.24. The van der Waals surface area contributed by atoms with E-state index in [2.05, 4.69) is 0 Å². The van der Waals surface area contributed by atoms with Gasteiger partial charge in [0.25, 0.3) is 6.43 Å². The number of thioether (sulfide) groups is 1. The molecule has 1 aromatic rings. The molecule has 1 rings (SSSR count). The third-order valence-corrected chi connectivity index (χ3v) is 2.75. The Morgan fingerprint density at radius 1 is 1.47 bits per heavy atom. The van der Waals surface area contributed by atoms with Crippen molar-refractivity contribution in [1.82, 2.24) is 0 Å². The number of rotatable bonds is 4. The van der Waals surface area contributed by atoms with Gasteiger partial charge >= 0.3 is 0 Å². The second kappa shape index (κ2) is 5.26. The van der Waals surface area contributed by atoms with Gasteiger partial charge in [-0.05, 0) is 30.9 Å². The molecule has 4 heteroatoms. The maximum Gasteiger partial charge on any atom is 0.264 e. The van der Waals surface area contributed by atoms with E-state index < -0.39 is 6.43 Å². The van der Waals surface area contributed by atoms with E-state index in [0.717, 1.165) is 4.90 Å². The Balaban J connectivity index is 3.10. The van der Waals surface area contributed by atoms with Crippen LogP contribution in [-0.4, -0.2) is 12.0 Å². The number of halogens is 2. The molecule has 0 atom stereocenters. The lowest BCUT2D eigenvalue weighted by Crippen LogP contribution is -2.01. The van der Waals surface area contributed by atoms with Crippen molar-refractivity contribution >= 4 is 17.5 Å². The molecular weight excluding hydrogens is 218 g/mol. The number of carbonyl (C=O) groups excluding carboxylic acids is 1. The van der Waals surface area contributed by atoms with Gasteiger partial charge in [-0.2, -0.15) is 0 Å². The van der Waals surface area contributed by atoms with Gasteiger partial charge in [0.15, 0.2) is 0 Å². The van der Waals surface area contributed by atoms with Gasteiger partial charge in [0.2, 0.25) is 0 Å². The quantitative estimate of drug-likeness (QED) is 0.737. The summed E-state index contributed by atoms with van der Waals surface area (Å²) < 4.78 is 25.2. The number of hydrogen-bond acceptors (Lipinski definition) is 2. The molecule has 0 aliphatic carbocycles. The van der Waals surface area contributed by atoms with Crippen molar-refractivity contribution in [2.45, 2.75) is 24.7 Å². The molecule has 1 aromatic carbocycles. The third-order valence-electron chi connectivity index (χ3n) is 2.02. The first-order valence-electron chi connectivity index (χ1n) is 4.49. The molecule has 0 bridgehead atoms. The van der Waals surface area contributed by atoms with Crippen LogP contribution in [0.25, 0.3) is 0 Å². The topological polar surface area (TPSA) is 17.1 Å². The molecule has 0 fully saturated rings. The van der Waals surface area contributed by atoms with Crippen molar-refractivity contribution in [3.05, 3.63) is 29.3 Å². The molecule has 0 unspecified atom stereocenters. The fourth-order valence-corrected chi connectivity index (χ4v) is 1.81. The number of hydrogen-bond donors (Lipinski definition) is 0. The minimum atomic E-state index is -2.52. The average molecular weight is 230 g/mol. The minimum Gasteiger partial charge on any atom is -0.300 e. The molecule has 0 spiro atoms. The van der Waals surface area contributed by atoms with Crippen LogP contribution in [0.15, 0.2) is 23.1 Å². The maximum absolute atomic E-state index is 12.6. The molecule has 0 saturated heterocycles. The van der Waals surface area contributed by atoms with E-state index in [1.165, 1.54) is 24.8 Å². The van der Waals surface area contributed by atoms with Gasteiger partial charge in [0, 0.05) is 16.9 Å². The summed E-state index contributed by atoms with van der Waals surface area (Å²) in [5, 5.41) is 0. The van der Waals surface area contributed by atoms with Crippen LogP contribution < -0.4 is 0 Å². The summed E-state index contributed by atoms with van der Waals surface area (Å²) in [6, 6.07) is 4.71. The molecule has 0 amide bonds. The van der Waals surface area contributed by atoms with Crippen LogP contribution in [0.1, 0.15) is 24.5 Å². The molecule has 0 saturated carbocycles. The Bertz CT molecular complexity index is 364. The van der Waals surface area contributed by atoms with Gasteiger partial charge in [-0.1, -0.05) is 6.07 Å². The zero-order valence-corrected chi connectivity index (χ0v) is 9.41. The standard InChI is InChI=1S/C11H12F2OS/c1-7(14)5-8-6-9(15-2)3-4-10(8)11(12)13/h3-4,6,11H,5H2,1-2H3. The number of ketones is 1. The number of Topliss-reactive ketones (excluding diaryl/α,β-unsaturated/α-hetero) is 1. The van der Waals surface area contributed by atoms with Crippen LogP contribution in [0.3, 0.4) is 0 Å². The molecule has 15 heavy (non-hydrogen) atoms. The van der Waals surface area contributed by atoms with E-state index in [0.29, 0.717) is 5.56 Å². The average Bonchev–Trinajstić information content (AvgIpc) is 2.16. The van der Waals surface area contributed by atoms with Crippen LogP contribution in [0.2, 0.25) is 0 Å². The van der Waals surface area contributed by atoms with E-state index in [4.69, 9.17) is 0 Å². The van der Waals surface area contributed by atoms with Crippen molar-refractivity contribution in [2.24, 2.45) is 0 Å². The van der Waals surface area contributed by atoms with Crippen LogP contribution in [0, 0.1) is 0 Å². The van der Waals surface area contributed by atoms with Gasteiger partial charge < -0.3 is 0 Å². The summed E-state index contributed by atoms with van der Waals surface area (Å²) in [7, 11) is 0. The molecule has 0 heterocycles. The molecule has 0 aliphatic rings. The Kier molecular flexibility index (Phi) is 4.27. The van der Waals surface area contributed by atoms with Crippen LogP contribution in [0.4, 0.5) is 8.78 Å². The van der Waals surface area contributed by atoms with Crippen LogP contribution >= 0.6 is 11.8 Å². The Morgan fingerprint density at radius 2 is 2.13 bits per heavy atom. The van der Waals surface area contributed by atoms with E-state index in [-0.39, 0.29) is 17.8 Å². The van der Waals surface area contributed by atoms with Crippen LogP contribution in [-0.2, 0) is 11.2 Å². The Labute approximate surface area is 91.9 Å². The Morgan fingerprint density at radius 3 is 2.60 bits per heavy atom. The lowest BCUT2D eigenvalue weighted by atomic mass is 10.0. The highest BCUT2D eigenvalue weighted by atomic mass is 32.2. The number of carbonyl (C=O) groups is 1. The molecule has 1 nitrogen and oxygen atoms in total. The van der Waals surface area contributed by atoms with Gasteiger partial charge in [-0.25, -0.2) is 8.78 Å². The van der Waals surface area contributed by atoms with Crippen molar-refractivity contribution in [3.8, 4) is 0 Å². The minimum absolute atomic E-state index is 0.0389. The monoisotopic (exact) mass is 230 g/mol. The zero-order valence-electron chi connectivity index (χ0n) is 8.59. The molecule has 0 radical (unpaired) electrons. The van der Waals surface area contributed by atoms with Gasteiger partial charge in [0.1, 0.15) is 5.78 Å². The molecule has 0 N–H and O–H groups in total. The third kappa shape index (κ3) is 3.30. The zero-order chi connectivity index (χ0) is 11.4. The van der Waals surface area contributed by atoms with E-state index >= 15 is 0 Å². The fourth-order valence-electron chi connectivity index (χ4n) is 1.34. The lowest BCUT2D eigenvalue weighted by molar-refractivity contribution is -0.116. The normalized spacial score (nSPS) is 10.7. The van der Waals surface area contributed by atoms with Crippen molar-refractivity contribution in [3.63, 3.8) is 0 Å². The summed E-state index contributed by atoms with van der Waals surface area (Å²) in [5.41, 5.74) is 0.396. The van der Waals surface area contributed by atoms with Crippen molar-refractivity contribution < 1.29 is 13.6 Å². The highest BCUT2D eigenvalue weighted by molar-refractivity contribution is 7.98. The maximum atomic E-state index is 12.6. The first kappa shape index (κ1) is 12.2. The summed E-state index contributed by atoms with van der Waals surface area (Å²) in [4.78, 5) is 11.8. The van der Waals surface area contributed by atoms with Gasteiger partial charge in [-0.3, -0.25) is 4.79 Å². The molecule has 82 valence electrons. The van der Waals surface area contributed by atoms with E-state index in [1.54, 1.807) is 12.1 Å². The largest absolute Gasteiger partial charge is 0.300 e. The van der Waals surface area contributed by atoms with Gasteiger partial charge in [0.05, 0.1) is 0 Å². The van der Waals surface area contributed by atoms with Crippen molar-refractivity contribution in [1.29, 1.82) is 0 Å². The Hall–Kier alpha value is -0.900. The highest BCUT2D eigenvalue weighted by Crippen LogP contribution is 2.27. The first-order valence-corrected chi connectivity index (χ1v) is 5.71. The summed E-state index contributed by atoms with van der Waals surface area (Å²) in [6.45, 7) is 1.40. The second-order valence-corrected chi connectivity index (χ2v) is 4.12. The SMILES string of the molecule is CSc1ccc(C(F)F)c(CC(C)=O)c1. The van der Waals surface area contributed by atoms with E-state index in [9.17, 15) is 13.6 Å². The molecule has 0 aromatic heterocycles. The predicted molar refractivity (Wildman–Crippen MR) is 57.6 cm³/mol. The van der Waals surface area contributed by atoms with Crippen molar-refractivity contribution in [2.75, 3.05) is 6.26 Å². The molecule has 0 aliphatic heterocycles. The highest BCUT2D eigenvalue weighted by Gasteiger charge is 2.14. The first-order chi connectivity index (χ1) is 7.04. The fraction of sp³-hybridized carbons (Fsp3) is 0.364. The number of alkyl halides is 2. The number of benzene rings is 1. The summed E-state index contributed by atoms with van der Waals surface area (Å²) in [5.74, 6) is -0.102. The summed E-state index contributed by atoms with van der Waals surface area (Å²) >= 11 is 1.47.